The van der Waals surface area contributed by atoms with Crippen molar-refractivity contribution in [3.8, 4) is 0 Å². The lowest BCUT2D eigenvalue weighted by Gasteiger charge is -2.30. The highest BCUT2D eigenvalue weighted by Crippen LogP contribution is 2.23. The van der Waals surface area contributed by atoms with E-state index in [2.05, 4.69) is 0 Å². The van der Waals surface area contributed by atoms with Crippen molar-refractivity contribution in [2.75, 3.05) is 13.1 Å². The Kier molecular flexibility index (Phi) is 6.09. The molecule has 2 aromatic carbocycles. The van der Waals surface area contributed by atoms with E-state index in [9.17, 15) is 14.4 Å². The summed E-state index contributed by atoms with van der Waals surface area (Å²) in [5.74, 6) is -0.476. The molecule has 0 spiro atoms. The number of nitrogens with two attached hydrogens (primary N) is 1. The van der Waals surface area contributed by atoms with E-state index in [4.69, 9.17) is 5.73 Å². The van der Waals surface area contributed by atoms with Crippen molar-refractivity contribution in [2.24, 2.45) is 5.73 Å². The quantitative estimate of drug-likeness (QED) is 0.834. The van der Waals surface area contributed by atoms with Gasteiger partial charge in [0.2, 0.25) is 17.7 Å². The van der Waals surface area contributed by atoms with Crippen molar-refractivity contribution in [1.82, 2.24) is 9.80 Å². The average Bonchev–Trinajstić information content (AvgIpc) is 2.70. The fourth-order valence-electron chi connectivity index (χ4n) is 3.59. The molecule has 0 unspecified atom stereocenters. The van der Waals surface area contributed by atoms with Gasteiger partial charge in [-0.15, -0.1) is 0 Å². The molecular formula is C22H25N3O3. The van der Waals surface area contributed by atoms with Gasteiger partial charge >= 0.3 is 0 Å². The van der Waals surface area contributed by atoms with Gasteiger partial charge < -0.3 is 15.5 Å². The largest absolute Gasteiger partial charge is 0.366 e. The number of amides is 3. The van der Waals surface area contributed by atoms with Gasteiger partial charge in [-0.1, -0.05) is 42.5 Å². The number of rotatable bonds is 6. The van der Waals surface area contributed by atoms with Crippen molar-refractivity contribution >= 4 is 17.7 Å². The Balaban J connectivity index is 1.61. The molecule has 2 N–H and O–H groups in total. The minimum atomic E-state index is -0.436. The van der Waals surface area contributed by atoms with Gasteiger partial charge in [-0.25, -0.2) is 0 Å². The molecule has 0 bridgehead atoms. The van der Waals surface area contributed by atoms with E-state index in [1.54, 1.807) is 21.9 Å². The van der Waals surface area contributed by atoms with Crippen LogP contribution in [0.5, 0.6) is 0 Å². The first kappa shape index (κ1) is 19.6. The summed E-state index contributed by atoms with van der Waals surface area (Å²) in [6.07, 6.45) is 0.887. The molecule has 6 nitrogen and oxygen atoms in total. The number of hydrogen-bond acceptors (Lipinski definition) is 3. The van der Waals surface area contributed by atoms with Crippen LogP contribution in [-0.4, -0.2) is 40.6 Å². The van der Waals surface area contributed by atoms with Gasteiger partial charge in [0.05, 0.1) is 0 Å². The van der Waals surface area contributed by atoms with Crippen molar-refractivity contribution in [3.63, 3.8) is 0 Å². The zero-order valence-electron chi connectivity index (χ0n) is 16.1. The van der Waals surface area contributed by atoms with E-state index in [-0.39, 0.29) is 18.2 Å². The third kappa shape index (κ3) is 4.57. The van der Waals surface area contributed by atoms with Crippen molar-refractivity contribution < 1.29 is 14.4 Å². The predicted octanol–water partition coefficient (Wildman–Crippen LogP) is 2.11. The maximum absolute atomic E-state index is 12.7. The molecule has 1 heterocycles. The molecular weight excluding hydrogens is 354 g/mol. The molecule has 3 amide bonds. The van der Waals surface area contributed by atoms with Gasteiger partial charge in [0.1, 0.15) is 0 Å². The zero-order chi connectivity index (χ0) is 20.1. The lowest BCUT2D eigenvalue weighted by atomic mass is 9.94. The van der Waals surface area contributed by atoms with E-state index in [1.807, 2.05) is 36.4 Å². The Bertz CT molecular complexity index is 880. The minimum absolute atomic E-state index is 0.00874. The summed E-state index contributed by atoms with van der Waals surface area (Å²) >= 11 is 0. The van der Waals surface area contributed by atoms with Crippen molar-refractivity contribution in [3.05, 3.63) is 70.8 Å². The van der Waals surface area contributed by atoms with Gasteiger partial charge in [0.25, 0.3) is 0 Å². The van der Waals surface area contributed by atoms with Crippen LogP contribution in [0.1, 0.15) is 40.4 Å². The van der Waals surface area contributed by atoms with E-state index in [1.165, 1.54) is 6.92 Å². The van der Waals surface area contributed by atoms with Crippen molar-refractivity contribution in [2.45, 2.75) is 32.9 Å². The molecule has 0 aliphatic carbocycles. The summed E-state index contributed by atoms with van der Waals surface area (Å²) in [6, 6.07) is 15.2. The van der Waals surface area contributed by atoms with Gasteiger partial charge in [0.15, 0.2) is 0 Å². The standard InChI is InChI=1S/C22H25N3O3/c1-16(26)24(14-17-6-3-2-4-7-17)13-11-21(27)25-12-10-19-18(15-25)8-5-9-20(19)22(23)28/h2-9H,10-15H2,1H3,(H2,23,28). The molecule has 146 valence electrons. The summed E-state index contributed by atoms with van der Waals surface area (Å²) < 4.78 is 0. The number of nitrogens with zero attached hydrogens (tertiary/aromatic N) is 2. The molecule has 0 saturated carbocycles. The second-order valence-electron chi connectivity index (χ2n) is 7.05. The number of hydrogen-bond donors (Lipinski definition) is 1. The first-order valence-corrected chi connectivity index (χ1v) is 9.43. The van der Waals surface area contributed by atoms with E-state index < -0.39 is 5.91 Å². The van der Waals surface area contributed by atoms with Crippen LogP contribution in [0.15, 0.2) is 48.5 Å². The molecule has 0 aromatic heterocycles. The maximum atomic E-state index is 12.7. The van der Waals surface area contributed by atoms with Crippen LogP contribution in [0.25, 0.3) is 0 Å². The Morgan fingerprint density at radius 1 is 1.07 bits per heavy atom. The molecule has 2 aromatic rings. The first-order chi connectivity index (χ1) is 13.5. The highest BCUT2D eigenvalue weighted by atomic mass is 16.2. The monoisotopic (exact) mass is 379 g/mol. The molecule has 1 aliphatic rings. The first-order valence-electron chi connectivity index (χ1n) is 9.43. The summed E-state index contributed by atoms with van der Waals surface area (Å²) in [6.45, 7) is 3.42. The lowest BCUT2D eigenvalue weighted by Crippen LogP contribution is -2.39. The number of benzene rings is 2. The topological polar surface area (TPSA) is 83.7 Å². The molecule has 6 heteroatoms. The predicted molar refractivity (Wildman–Crippen MR) is 106 cm³/mol. The summed E-state index contributed by atoms with van der Waals surface area (Å²) in [5.41, 5.74) is 8.92. The third-order valence-electron chi connectivity index (χ3n) is 5.14. The van der Waals surface area contributed by atoms with Gasteiger partial charge in [-0.2, -0.15) is 0 Å². The molecule has 28 heavy (non-hydrogen) atoms. The highest BCUT2D eigenvalue weighted by molar-refractivity contribution is 5.94. The summed E-state index contributed by atoms with van der Waals surface area (Å²) in [7, 11) is 0. The van der Waals surface area contributed by atoms with Gasteiger partial charge in [-0.3, -0.25) is 14.4 Å². The molecule has 0 fully saturated rings. The summed E-state index contributed by atoms with van der Waals surface area (Å²) in [5, 5.41) is 0. The molecule has 0 radical (unpaired) electrons. The number of fused-ring (bicyclic) bond motifs is 1. The minimum Gasteiger partial charge on any atom is -0.366 e. The fraction of sp³-hybridized carbons (Fsp3) is 0.318. The lowest BCUT2D eigenvalue weighted by molar-refractivity contribution is -0.134. The fourth-order valence-corrected chi connectivity index (χ4v) is 3.59. The molecule has 3 rings (SSSR count). The van der Waals surface area contributed by atoms with Crippen LogP contribution >= 0.6 is 0 Å². The van der Waals surface area contributed by atoms with Crippen molar-refractivity contribution in [1.29, 1.82) is 0 Å². The number of carbonyl (C=O) groups is 3. The molecule has 0 atom stereocenters. The van der Waals surface area contributed by atoms with Crippen LogP contribution in [0, 0.1) is 0 Å². The third-order valence-corrected chi connectivity index (χ3v) is 5.14. The normalized spacial score (nSPS) is 13.0. The average molecular weight is 379 g/mol. The van der Waals surface area contributed by atoms with Crippen LogP contribution < -0.4 is 5.73 Å². The Morgan fingerprint density at radius 3 is 2.50 bits per heavy atom. The number of primary amides is 1. The Hall–Kier alpha value is -3.15. The van der Waals surface area contributed by atoms with Crippen LogP contribution in [0.3, 0.4) is 0 Å². The van der Waals surface area contributed by atoms with E-state index >= 15 is 0 Å². The van der Waals surface area contributed by atoms with E-state index in [0.717, 1.165) is 16.7 Å². The Morgan fingerprint density at radius 2 is 1.82 bits per heavy atom. The molecule has 0 saturated heterocycles. The number of carbonyl (C=O) groups excluding carboxylic acids is 3. The Labute approximate surface area is 164 Å². The maximum Gasteiger partial charge on any atom is 0.248 e. The van der Waals surface area contributed by atoms with Crippen LogP contribution in [0.4, 0.5) is 0 Å². The van der Waals surface area contributed by atoms with E-state index in [0.29, 0.717) is 38.2 Å². The van der Waals surface area contributed by atoms with Gasteiger partial charge in [0, 0.05) is 45.1 Å². The molecule has 1 aliphatic heterocycles. The van der Waals surface area contributed by atoms with Crippen LogP contribution in [-0.2, 0) is 29.1 Å². The van der Waals surface area contributed by atoms with Gasteiger partial charge in [-0.05, 0) is 29.2 Å². The zero-order valence-corrected chi connectivity index (χ0v) is 16.1. The SMILES string of the molecule is CC(=O)N(CCC(=O)N1CCc2c(cccc2C(N)=O)C1)Cc1ccccc1. The van der Waals surface area contributed by atoms with Crippen LogP contribution in [0.2, 0.25) is 0 Å². The summed E-state index contributed by atoms with van der Waals surface area (Å²) in [4.78, 5) is 39.7. The second kappa shape index (κ2) is 8.69. The second-order valence-corrected chi connectivity index (χ2v) is 7.05. The smallest absolute Gasteiger partial charge is 0.248 e. The highest BCUT2D eigenvalue weighted by Gasteiger charge is 2.24.